The van der Waals surface area contributed by atoms with Crippen LogP contribution in [0.1, 0.15) is 0 Å². The Hall–Kier alpha value is -6.91. The lowest BCUT2D eigenvalue weighted by atomic mass is 9.96. The van der Waals surface area contributed by atoms with Crippen LogP contribution >= 0.6 is 0 Å². The molecule has 0 spiro atoms. The highest BCUT2D eigenvalue weighted by molar-refractivity contribution is 6.05. The molecule has 0 aliphatic carbocycles. The van der Waals surface area contributed by atoms with E-state index in [0.717, 1.165) is 49.8 Å². The second-order valence-corrected chi connectivity index (χ2v) is 12.9. The number of hydrogen-bond donors (Lipinski definition) is 0. The molecule has 0 N–H and O–H groups in total. The molecule has 8 aromatic carbocycles. The van der Waals surface area contributed by atoms with Gasteiger partial charge in [0.25, 0.3) is 0 Å². The van der Waals surface area contributed by atoms with E-state index in [1.807, 2.05) is 54.6 Å². The Kier molecular flexibility index (Phi) is 6.78. The minimum atomic E-state index is 0.597. The maximum atomic E-state index is 6.21. The molecule has 0 saturated heterocycles. The summed E-state index contributed by atoms with van der Waals surface area (Å²) in [5.41, 5.74) is 9.05. The summed E-state index contributed by atoms with van der Waals surface area (Å²) in [6.45, 7) is 0. The minimum Gasteiger partial charge on any atom is -0.456 e. The third-order valence-electron chi connectivity index (χ3n) is 9.68. The maximum Gasteiger partial charge on any atom is 0.164 e. The maximum absolute atomic E-state index is 6.21. The highest BCUT2D eigenvalue weighted by atomic mass is 16.3. The van der Waals surface area contributed by atoms with E-state index in [1.165, 1.54) is 32.7 Å². The molecule has 0 unspecified atom stereocenters. The van der Waals surface area contributed by atoms with Crippen molar-refractivity contribution in [3.05, 3.63) is 176 Å². The van der Waals surface area contributed by atoms with Crippen LogP contribution in [0.2, 0.25) is 0 Å². The van der Waals surface area contributed by atoms with Crippen LogP contribution in [0, 0.1) is 0 Å². The largest absolute Gasteiger partial charge is 0.456 e. The van der Waals surface area contributed by atoms with Gasteiger partial charge in [0.1, 0.15) is 11.2 Å². The molecule has 10 rings (SSSR count). The van der Waals surface area contributed by atoms with Crippen molar-refractivity contribution >= 4 is 43.5 Å². The first kappa shape index (κ1) is 29.0. The van der Waals surface area contributed by atoms with Crippen LogP contribution in [-0.4, -0.2) is 15.0 Å². The average molecular weight is 652 g/mol. The van der Waals surface area contributed by atoms with Gasteiger partial charge in [-0.1, -0.05) is 133 Å². The van der Waals surface area contributed by atoms with Crippen LogP contribution < -0.4 is 0 Å². The smallest absolute Gasteiger partial charge is 0.164 e. The Balaban J connectivity index is 1.03. The van der Waals surface area contributed by atoms with Crippen molar-refractivity contribution in [1.82, 2.24) is 15.0 Å². The summed E-state index contributed by atoms with van der Waals surface area (Å²) >= 11 is 0. The molecule has 0 aliphatic heterocycles. The molecular formula is C47H29N3O. The Morgan fingerprint density at radius 2 is 0.745 bits per heavy atom. The van der Waals surface area contributed by atoms with Gasteiger partial charge in [0, 0.05) is 27.5 Å². The average Bonchev–Trinajstić information content (AvgIpc) is 3.58. The number of fused-ring (bicyclic) bond motifs is 5. The van der Waals surface area contributed by atoms with E-state index in [0.29, 0.717) is 17.5 Å². The molecule has 2 heterocycles. The molecule has 238 valence electrons. The molecule has 0 bridgehead atoms. The predicted molar refractivity (Wildman–Crippen MR) is 209 cm³/mol. The van der Waals surface area contributed by atoms with Gasteiger partial charge in [0.2, 0.25) is 0 Å². The highest BCUT2D eigenvalue weighted by Crippen LogP contribution is 2.34. The monoisotopic (exact) mass is 651 g/mol. The van der Waals surface area contributed by atoms with E-state index < -0.39 is 0 Å². The molecule has 4 heteroatoms. The second-order valence-electron chi connectivity index (χ2n) is 12.9. The summed E-state index contributed by atoms with van der Waals surface area (Å²) in [6.07, 6.45) is 0. The SMILES string of the molecule is c1ccc(-c2nc(-c3cccc(-c4ccc5cc(-c6ccc7ccccc7c6)ccc5c4)c3)nc(-c3ccc4c(c3)oc3ccccc34)n2)cc1. The lowest BCUT2D eigenvalue weighted by molar-refractivity contribution is 0.669. The van der Waals surface area contributed by atoms with Gasteiger partial charge in [-0.05, 0) is 86.3 Å². The molecule has 0 saturated carbocycles. The van der Waals surface area contributed by atoms with Gasteiger partial charge < -0.3 is 4.42 Å². The molecule has 0 fully saturated rings. The van der Waals surface area contributed by atoms with Crippen LogP contribution in [0.5, 0.6) is 0 Å². The van der Waals surface area contributed by atoms with Crippen molar-refractivity contribution in [2.75, 3.05) is 0 Å². The van der Waals surface area contributed by atoms with Crippen LogP contribution in [0.4, 0.5) is 0 Å². The molecule has 0 atom stereocenters. The van der Waals surface area contributed by atoms with Crippen LogP contribution in [0.25, 0.3) is 99.9 Å². The summed E-state index contributed by atoms with van der Waals surface area (Å²) in [6, 6.07) is 61.3. The standard InChI is InChI=1S/C47H29N3O/c1-2-10-31(11-3-1)45-48-46(50-47(49-45)40-23-24-42-41-15-6-7-16-43(41)51-44(42)29-40)39-14-8-13-33(28-39)34-19-20-38-27-37(22-21-36(38)26-34)35-18-17-30-9-4-5-12-32(30)25-35/h1-29H. The number of hydrogen-bond acceptors (Lipinski definition) is 4. The van der Waals surface area contributed by atoms with Gasteiger partial charge in [-0.3, -0.25) is 0 Å². The third kappa shape index (κ3) is 5.31. The molecule has 0 amide bonds. The van der Waals surface area contributed by atoms with Crippen molar-refractivity contribution in [2.24, 2.45) is 0 Å². The first-order chi connectivity index (χ1) is 25.2. The Bertz CT molecular complexity index is 2930. The van der Waals surface area contributed by atoms with E-state index in [9.17, 15) is 0 Å². The lowest BCUT2D eigenvalue weighted by Crippen LogP contribution is -2.00. The number of aromatic nitrogens is 3. The van der Waals surface area contributed by atoms with Gasteiger partial charge in [-0.2, -0.15) is 0 Å². The van der Waals surface area contributed by atoms with Crippen molar-refractivity contribution < 1.29 is 4.42 Å². The third-order valence-corrected chi connectivity index (χ3v) is 9.68. The van der Waals surface area contributed by atoms with E-state index >= 15 is 0 Å². The van der Waals surface area contributed by atoms with Gasteiger partial charge in [-0.15, -0.1) is 0 Å². The quantitative estimate of drug-likeness (QED) is 0.186. The fourth-order valence-electron chi connectivity index (χ4n) is 7.03. The van der Waals surface area contributed by atoms with Crippen molar-refractivity contribution in [3.8, 4) is 56.4 Å². The van der Waals surface area contributed by atoms with Crippen molar-refractivity contribution in [2.45, 2.75) is 0 Å². The number of rotatable bonds is 5. The highest BCUT2D eigenvalue weighted by Gasteiger charge is 2.15. The molecule has 51 heavy (non-hydrogen) atoms. The molecule has 0 aliphatic rings. The van der Waals surface area contributed by atoms with E-state index in [1.54, 1.807) is 0 Å². The molecule has 0 radical (unpaired) electrons. The van der Waals surface area contributed by atoms with E-state index in [-0.39, 0.29) is 0 Å². The topological polar surface area (TPSA) is 51.8 Å². The molecular weight excluding hydrogens is 623 g/mol. The first-order valence-electron chi connectivity index (χ1n) is 17.1. The van der Waals surface area contributed by atoms with Crippen molar-refractivity contribution in [1.29, 1.82) is 0 Å². The number of furan rings is 1. The van der Waals surface area contributed by atoms with Crippen molar-refractivity contribution in [3.63, 3.8) is 0 Å². The number of nitrogens with zero attached hydrogens (tertiary/aromatic N) is 3. The Morgan fingerprint density at radius 1 is 0.275 bits per heavy atom. The number of benzene rings is 8. The summed E-state index contributed by atoms with van der Waals surface area (Å²) < 4.78 is 6.21. The van der Waals surface area contributed by atoms with Gasteiger partial charge in [0.05, 0.1) is 0 Å². The zero-order chi connectivity index (χ0) is 33.7. The fourth-order valence-corrected chi connectivity index (χ4v) is 7.03. The molecule has 4 nitrogen and oxygen atoms in total. The predicted octanol–water partition coefficient (Wildman–Crippen LogP) is 12.4. The molecule has 10 aromatic rings. The van der Waals surface area contributed by atoms with Crippen LogP contribution in [-0.2, 0) is 0 Å². The number of para-hydroxylation sites is 1. The summed E-state index contributed by atoms with van der Waals surface area (Å²) in [4.78, 5) is 15.0. The van der Waals surface area contributed by atoms with Crippen LogP contribution in [0.3, 0.4) is 0 Å². The Morgan fingerprint density at radius 3 is 1.47 bits per heavy atom. The summed E-state index contributed by atoms with van der Waals surface area (Å²) in [5.74, 6) is 1.84. The van der Waals surface area contributed by atoms with Gasteiger partial charge in [0.15, 0.2) is 17.5 Å². The minimum absolute atomic E-state index is 0.597. The van der Waals surface area contributed by atoms with Gasteiger partial charge in [-0.25, -0.2) is 15.0 Å². The normalized spacial score (nSPS) is 11.5. The van der Waals surface area contributed by atoms with Gasteiger partial charge >= 0.3 is 0 Å². The summed E-state index contributed by atoms with van der Waals surface area (Å²) in [5, 5.41) is 7.06. The lowest BCUT2D eigenvalue weighted by Gasteiger charge is -2.11. The summed E-state index contributed by atoms with van der Waals surface area (Å²) in [7, 11) is 0. The van der Waals surface area contributed by atoms with E-state index in [2.05, 4.69) is 121 Å². The van der Waals surface area contributed by atoms with Crippen LogP contribution in [0.15, 0.2) is 180 Å². The first-order valence-corrected chi connectivity index (χ1v) is 17.1. The molecule has 2 aromatic heterocycles. The zero-order valence-corrected chi connectivity index (χ0v) is 27.5. The zero-order valence-electron chi connectivity index (χ0n) is 27.5. The fraction of sp³-hybridized carbons (Fsp3) is 0. The Labute approximate surface area is 294 Å². The van der Waals surface area contributed by atoms with E-state index in [4.69, 9.17) is 19.4 Å². The second kappa shape index (κ2) is 11.9.